The van der Waals surface area contributed by atoms with E-state index in [1.54, 1.807) is 0 Å². The fourth-order valence-electron chi connectivity index (χ4n) is 1.98. The minimum absolute atomic E-state index is 0.155. The molecule has 0 unspecified atom stereocenters. The molecule has 0 aliphatic carbocycles. The highest BCUT2D eigenvalue weighted by molar-refractivity contribution is 7.93. The molecule has 0 aliphatic heterocycles. The Kier molecular flexibility index (Phi) is 3.69. The molecular weight excluding hydrogens is 355 g/mol. The molecule has 0 fully saturated rings. The number of hydrogen-bond acceptors (Lipinski definition) is 3. The number of sulfonamides is 1. The third-order valence-electron chi connectivity index (χ3n) is 3.01. The van der Waals surface area contributed by atoms with Crippen LogP contribution < -0.4 is 4.72 Å². The summed E-state index contributed by atoms with van der Waals surface area (Å²) in [6, 6.07) is 3.47. The standard InChI is InChI=1S/C13H7ClF3N3O2S/c14-12-2-1-6-11(5-18-13(6)19-12)23(21,22)20-10-4-8(16)7(15)3-9(10)17/h1-5,20H,(H,18,19). The lowest BCUT2D eigenvalue weighted by atomic mass is 10.3. The quantitative estimate of drug-likeness (QED) is 0.554. The van der Waals surface area contributed by atoms with Crippen molar-refractivity contribution in [3.8, 4) is 0 Å². The normalized spacial score (nSPS) is 11.8. The number of nitrogens with one attached hydrogen (secondary N) is 2. The SMILES string of the molecule is O=S(=O)(Nc1cc(F)c(F)cc1F)c1c[nH]c2nc(Cl)ccc12. The van der Waals surface area contributed by atoms with Crippen molar-refractivity contribution in [2.75, 3.05) is 4.72 Å². The molecule has 2 N–H and O–H groups in total. The average molecular weight is 362 g/mol. The topological polar surface area (TPSA) is 74.8 Å². The summed E-state index contributed by atoms with van der Waals surface area (Å²) in [4.78, 5) is 6.27. The molecule has 3 rings (SSSR count). The number of halogens is 4. The van der Waals surface area contributed by atoms with Crippen LogP contribution in [0.3, 0.4) is 0 Å². The summed E-state index contributed by atoms with van der Waals surface area (Å²) in [5.41, 5.74) is -0.496. The number of rotatable bonds is 3. The lowest BCUT2D eigenvalue weighted by Gasteiger charge is -2.08. The van der Waals surface area contributed by atoms with Gasteiger partial charge in [0.1, 0.15) is 21.5 Å². The molecule has 0 spiro atoms. The highest BCUT2D eigenvalue weighted by Gasteiger charge is 2.22. The number of pyridine rings is 1. The van der Waals surface area contributed by atoms with Crippen molar-refractivity contribution >= 4 is 38.3 Å². The zero-order valence-corrected chi connectivity index (χ0v) is 12.6. The van der Waals surface area contributed by atoms with Gasteiger partial charge in [-0.25, -0.2) is 26.6 Å². The molecule has 0 amide bonds. The number of anilines is 1. The Hall–Kier alpha value is -2.26. The Morgan fingerprint density at radius 2 is 1.78 bits per heavy atom. The molecule has 23 heavy (non-hydrogen) atoms. The van der Waals surface area contributed by atoms with E-state index in [0.29, 0.717) is 6.07 Å². The van der Waals surface area contributed by atoms with Crippen LogP contribution in [0.15, 0.2) is 35.4 Å². The van der Waals surface area contributed by atoms with Crippen LogP contribution in [0.5, 0.6) is 0 Å². The molecule has 0 saturated heterocycles. The van der Waals surface area contributed by atoms with Crippen LogP contribution >= 0.6 is 11.6 Å². The molecule has 2 heterocycles. The smallest absolute Gasteiger partial charge is 0.264 e. The Morgan fingerprint density at radius 3 is 2.52 bits per heavy atom. The molecule has 120 valence electrons. The summed E-state index contributed by atoms with van der Waals surface area (Å²) < 4.78 is 66.2. The zero-order valence-electron chi connectivity index (χ0n) is 11.1. The van der Waals surface area contributed by atoms with Crippen LogP contribution in [0.25, 0.3) is 11.0 Å². The lowest BCUT2D eigenvalue weighted by molar-refractivity contribution is 0.496. The van der Waals surface area contributed by atoms with Crippen LogP contribution in [0.2, 0.25) is 5.15 Å². The minimum Gasteiger partial charge on any atom is -0.345 e. The van der Waals surface area contributed by atoms with Crippen LogP contribution in [0.1, 0.15) is 0 Å². The summed E-state index contributed by atoms with van der Waals surface area (Å²) in [6.45, 7) is 0. The lowest BCUT2D eigenvalue weighted by Crippen LogP contribution is -2.14. The van der Waals surface area contributed by atoms with Gasteiger partial charge in [-0.3, -0.25) is 4.72 Å². The highest BCUT2D eigenvalue weighted by atomic mass is 35.5. The Labute approximate surface area is 133 Å². The Balaban J connectivity index is 2.06. The molecule has 0 atom stereocenters. The van der Waals surface area contributed by atoms with Crippen LogP contribution in [0, 0.1) is 17.5 Å². The third-order valence-corrected chi connectivity index (χ3v) is 4.63. The van der Waals surface area contributed by atoms with E-state index < -0.39 is 33.2 Å². The molecule has 10 heteroatoms. The van der Waals surface area contributed by atoms with E-state index in [9.17, 15) is 21.6 Å². The molecule has 0 aliphatic rings. The van der Waals surface area contributed by atoms with Crippen molar-refractivity contribution in [3.05, 3.63) is 53.1 Å². The van der Waals surface area contributed by atoms with Crippen LogP contribution in [0.4, 0.5) is 18.9 Å². The third kappa shape index (κ3) is 2.84. The fourth-order valence-corrected chi connectivity index (χ4v) is 3.35. The van der Waals surface area contributed by atoms with Crippen LogP contribution in [-0.4, -0.2) is 18.4 Å². The van der Waals surface area contributed by atoms with E-state index in [0.717, 1.165) is 6.20 Å². The number of hydrogen-bond donors (Lipinski definition) is 2. The molecule has 1 aromatic carbocycles. The Morgan fingerprint density at radius 1 is 1.09 bits per heavy atom. The molecule has 3 aromatic rings. The van der Waals surface area contributed by atoms with E-state index in [4.69, 9.17) is 11.6 Å². The maximum Gasteiger partial charge on any atom is 0.264 e. The van der Waals surface area contributed by atoms with Gasteiger partial charge in [-0.15, -0.1) is 0 Å². The number of aromatic amines is 1. The maximum absolute atomic E-state index is 13.6. The summed E-state index contributed by atoms with van der Waals surface area (Å²) in [7, 11) is -4.26. The summed E-state index contributed by atoms with van der Waals surface area (Å²) in [5, 5.41) is 0.368. The first kappa shape index (κ1) is 15.6. The molecular formula is C13H7ClF3N3O2S. The van der Waals surface area contributed by atoms with Crippen molar-refractivity contribution < 1.29 is 21.6 Å². The van der Waals surface area contributed by atoms with Gasteiger partial charge in [0.15, 0.2) is 11.6 Å². The molecule has 0 bridgehead atoms. The summed E-state index contributed by atoms with van der Waals surface area (Å²) >= 11 is 5.70. The van der Waals surface area contributed by atoms with E-state index in [-0.39, 0.29) is 27.1 Å². The van der Waals surface area contributed by atoms with Crippen LogP contribution in [-0.2, 0) is 10.0 Å². The largest absolute Gasteiger partial charge is 0.345 e. The molecule has 0 radical (unpaired) electrons. The highest BCUT2D eigenvalue weighted by Crippen LogP contribution is 2.26. The van der Waals surface area contributed by atoms with E-state index in [1.165, 1.54) is 12.1 Å². The van der Waals surface area contributed by atoms with Gasteiger partial charge in [-0.05, 0) is 12.1 Å². The second-order valence-corrected chi connectivity index (χ2v) is 6.57. The predicted octanol–water partition coefficient (Wildman–Crippen LogP) is 3.43. The second-order valence-electron chi connectivity index (χ2n) is 4.53. The number of fused-ring (bicyclic) bond motifs is 1. The first-order chi connectivity index (χ1) is 10.8. The monoisotopic (exact) mass is 361 g/mol. The van der Waals surface area contributed by atoms with Gasteiger partial charge in [-0.1, -0.05) is 11.6 Å². The van der Waals surface area contributed by atoms with Gasteiger partial charge in [0.2, 0.25) is 0 Å². The summed E-state index contributed by atoms with van der Waals surface area (Å²) in [6.07, 6.45) is 1.13. The van der Waals surface area contributed by atoms with Gasteiger partial charge >= 0.3 is 0 Å². The number of benzene rings is 1. The van der Waals surface area contributed by atoms with E-state index in [1.807, 2.05) is 4.72 Å². The molecule has 5 nitrogen and oxygen atoms in total. The van der Waals surface area contributed by atoms with Crippen molar-refractivity contribution in [1.29, 1.82) is 0 Å². The number of H-pyrrole nitrogens is 1. The predicted molar refractivity (Wildman–Crippen MR) is 78.2 cm³/mol. The molecule has 2 aromatic heterocycles. The Bertz CT molecular complexity index is 1020. The van der Waals surface area contributed by atoms with Gasteiger partial charge in [0.05, 0.1) is 5.69 Å². The van der Waals surface area contributed by atoms with Crippen molar-refractivity contribution in [2.45, 2.75) is 4.90 Å². The fraction of sp³-hybridized carbons (Fsp3) is 0. The minimum atomic E-state index is -4.26. The van der Waals surface area contributed by atoms with Gasteiger partial charge in [0, 0.05) is 23.7 Å². The van der Waals surface area contributed by atoms with Crippen molar-refractivity contribution in [1.82, 2.24) is 9.97 Å². The van der Waals surface area contributed by atoms with E-state index in [2.05, 4.69) is 9.97 Å². The first-order valence-electron chi connectivity index (χ1n) is 6.09. The number of nitrogens with zero attached hydrogens (tertiary/aromatic N) is 1. The summed E-state index contributed by atoms with van der Waals surface area (Å²) in [5.74, 6) is -4.04. The van der Waals surface area contributed by atoms with Gasteiger partial charge in [0.25, 0.3) is 10.0 Å². The van der Waals surface area contributed by atoms with Gasteiger partial charge < -0.3 is 4.98 Å². The average Bonchev–Trinajstić information content (AvgIpc) is 2.88. The molecule has 0 saturated carbocycles. The first-order valence-corrected chi connectivity index (χ1v) is 7.95. The maximum atomic E-state index is 13.6. The van der Waals surface area contributed by atoms with Crippen molar-refractivity contribution in [2.24, 2.45) is 0 Å². The van der Waals surface area contributed by atoms with E-state index >= 15 is 0 Å². The second kappa shape index (κ2) is 5.43. The zero-order chi connectivity index (χ0) is 16.8. The van der Waals surface area contributed by atoms with Crippen molar-refractivity contribution in [3.63, 3.8) is 0 Å². The van der Waals surface area contributed by atoms with Gasteiger partial charge in [-0.2, -0.15) is 0 Å². The number of aromatic nitrogens is 2.